The van der Waals surface area contributed by atoms with Crippen molar-refractivity contribution in [1.82, 2.24) is 0 Å². The van der Waals surface area contributed by atoms with Crippen LogP contribution in [0.2, 0.25) is 0 Å². The van der Waals surface area contributed by atoms with Crippen LogP contribution in [0.25, 0.3) is 11.1 Å². The van der Waals surface area contributed by atoms with Crippen molar-refractivity contribution in [3.63, 3.8) is 0 Å². The largest absolute Gasteiger partial charge is 0.494 e. The predicted octanol–water partition coefficient (Wildman–Crippen LogP) is 6.35. The summed E-state index contributed by atoms with van der Waals surface area (Å²) >= 11 is 0. The van der Waals surface area contributed by atoms with E-state index >= 15 is 0 Å². The molecule has 3 aromatic carbocycles. The summed E-state index contributed by atoms with van der Waals surface area (Å²) in [6.07, 6.45) is 6.99. The average Bonchev–Trinajstić information content (AvgIpc) is 2.87. The summed E-state index contributed by atoms with van der Waals surface area (Å²) < 4.78 is 35.3. The SMILES string of the molecule is CCOc1cc(OCCCCCCc2ccccc2CCC(=O)O)cc(-c2ccc(S(C)(=O)=O)cc2)c1. The Morgan fingerprint density at radius 1 is 0.784 bits per heavy atom. The van der Waals surface area contributed by atoms with Gasteiger partial charge in [0.05, 0.1) is 18.1 Å². The van der Waals surface area contributed by atoms with Gasteiger partial charge in [0.25, 0.3) is 0 Å². The number of hydrogen-bond donors (Lipinski definition) is 1. The molecule has 198 valence electrons. The standard InChI is InChI=1S/C30H36O6S/c1-3-35-27-20-26(25-13-16-29(17-14-25)37(2,33)34)21-28(22-27)36-19-9-5-4-6-10-23-11-7-8-12-24(23)15-18-30(31)32/h7-8,11-14,16-17,20-22H,3-6,9-10,15,18-19H2,1-2H3,(H,31,32). The van der Waals surface area contributed by atoms with Gasteiger partial charge >= 0.3 is 5.97 Å². The van der Waals surface area contributed by atoms with Crippen LogP contribution in [-0.2, 0) is 27.5 Å². The van der Waals surface area contributed by atoms with E-state index < -0.39 is 15.8 Å². The lowest BCUT2D eigenvalue weighted by molar-refractivity contribution is -0.136. The molecule has 0 unspecified atom stereocenters. The molecule has 0 saturated carbocycles. The number of carboxylic acids is 1. The van der Waals surface area contributed by atoms with Crippen LogP contribution in [0, 0.1) is 0 Å². The van der Waals surface area contributed by atoms with Crippen LogP contribution < -0.4 is 9.47 Å². The number of carbonyl (C=O) groups is 1. The fraction of sp³-hybridized carbons (Fsp3) is 0.367. The van der Waals surface area contributed by atoms with Gasteiger partial charge in [-0.1, -0.05) is 49.2 Å². The third-order valence-corrected chi connectivity index (χ3v) is 7.27. The van der Waals surface area contributed by atoms with Gasteiger partial charge < -0.3 is 14.6 Å². The van der Waals surface area contributed by atoms with E-state index in [2.05, 4.69) is 6.07 Å². The topological polar surface area (TPSA) is 89.9 Å². The van der Waals surface area contributed by atoms with Gasteiger partial charge in [-0.25, -0.2) is 8.42 Å². The number of carboxylic acid groups (broad SMARTS) is 1. The molecule has 0 saturated heterocycles. The van der Waals surface area contributed by atoms with Crippen molar-refractivity contribution < 1.29 is 27.8 Å². The number of hydrogen-bond acceptors (Lipinski definition) is 5. The minimum atomic E-state index is -3.24. The van der Waals surface area contributed by atoms with Gasteiger partial charge in [0, 0.05) is 18.7 Å². The lowest BCUT2D eigenvalue weighted by Gasteiger charge is -2.12. The molecule has 0 aromatic heterocycles. The molecular weight excluding hydrogens is 488 g/mol. The molecule has 1 N–H and O–H groups in total. The van der Waals surface area contributed by atoms with Gasteiger partial charge in [-0.05, 0) is 79.1 Å². The van der Waals surface area contributed by atoms with E-state index in [-0.39, 0.29) is 11.3 Å². The molecule has 0 aliphatic rings. The van der Waals surface area contributed by atoms with E-state index in [1.807, 2.05) is 43.3 Å². The van der Waals surface area contributed by atoms with E-state index in [1.54, 1.807) is 24.3 Å². The number of benzene rings is 3. The second-order valence-electron chi connectivity index (χ2n) is 9.10. The van der Waals surface area contributed by atoms with Crippen LogP contribution in [0.4, 0.5) is 0 Å². The molecule has 3 rings (SSSR count). The van der Waals surface area contributed by atoms with Gasteiger partial charge in [0.2, 0.25) is 0 Å². The van der Waals surface area contributed by atoms with E-state index in [0.717, 1.165) is 54.5 Å². The molecule has 3 aromatic rings. The molecule has 6 nitrogen and oxygen atoms in total. The third-order valence-electron chi connectivity index (χ3n) is 6.14. The van der Waals surface area contributed by atoms with Crippen LogP contribution in [0.3, 0.4) is 0 Å². The zero-order valence-corrected chi connectivity index (χ0v) is 22.4. The monoisotopic (exact) mass is 524 g/mol. The lowest BCUT2D eigenvalue weighted by Crippen LogP contribution is -2.01. The van der Waals surface area contributed by atoms with E-state index in [1.165, 1.54) is 11.8 Å². The Bertz CT molecular complexity index is 1270. The second-order valence-corrected chi connectivity index (χ2v) is 11.1. The first-order valence-electron chi connectivity index (χ1n) is 12.8. The van der Waals surface area contributed by atoms with Gasteiger partial charge in [0.15, 0.2) is 9.84 Å². The first kappa shape index (κ1) is 28.3. The molecule has 0 aliphatic heterocycles. The number of ether oxygens (including phenoxy) is 2. The van der Waals surface area contributed by atoms with Crippen LogP contribution in [0.5, 0.6) is 11.5 Å². The number of unbranched alkanes of at least 4 members (excludes halogenated alkanes) is 3. The molecule has 37 heavy (non-hydrogen) atoms. The molecule has 0 spiro atoms. The summed E-state index contributed by atoms with van der Waals surface area (Å²) in [7, 11) is -3.24. The van der Waals surface area contributed by atoms with Gasteiger partial charge in [-0.2, -0.15) is 0 Å². The van der Waals surface area contributed by atoms with Crippen LogP contribution in [0.1, 0.15) is 50.2 Å². The Morgan fingerprint density at radius 2 is 1.41 bits per heavy atom. The van der Waals surface area contributed by atoms with Crippen molar-refractivity contribution in [2.45, 2.75) is 56.8 Å². The highest BCUT2D eigenvalue weighted by Gasteiger charge is 2.10. The summed E-state index contributed by atoms with van der Waals surface area (Å²) in [6.45, 7) is 3.06. The van der Waals surface area contributed by atoms with Crippen molar-refractivity contribution >= 4 is 15.8 Å². The van der Waals surface area contributed by atoms with Crippen molar-refractivity contribution in [3.05, 3.63) is 77.9 Å². The zero-order valence-electron chi connectivity index (χ0n) is 21.6. The maximum atomic E-state index is 11.8. The lowest BCUT2D eigenvalue weighted by atomic mass is 9.98. The Hall–Kier alpha value is -3.32. The Kier molecular flexibility index (Phi) is 10.6. The minimum Gasteiger partial charge on any atom is -0.494 e. The molecule has 0 radical (unpaired) electrons. The molecule has 0 bridgehead atoms. The Labute approximate surface area is 220 Å². The number of aliphatic carboxylic acids is 1. The summed E-state index contributed by atoms with van der Waals surface area (Å²) in [5.74, 6) is 0.669. The normalized spacial score (nSPS) is 11.3. The van der Waals surface area contributed by atoms with Gasteiger partial charge in [-0.15, -0.1) is 0 Å². The van der Waals surface area contributed by atoms with Crippen molar-refractivity contribution in [1.29, 1.82) is 0 Å². The average molecular weight is 525 g/mol. The van der Waals surface area contributed by atoms with Crippen molar-refractivity contribution in [2.75, 3.05) is 19.5 Å². The highest BCUT2D eigenvalue weighted by molar-refractivity contribution is 7.90. The fourth-order valence-corrected chi connectivity index (χ4v) is 4.84. The minimum absolute atomic E-state index is 0.159. The third kappa shape index (κ3) is 9.25. The second kappa shape index (κ2) is 13.8. The Morgan fingerprint density at radius 3 is 2.03 bits per heavy atom. The first-order valence-corrected chi connectivity index (χ1v) is 14.6. The highest BCUT2D eigenvalue weighted by atomic mass is 32.2. The van der Waals surface area contributed by atoms with Crippen LogP contribution in [-0.4, -0.2) is 39.0 Å². The van der Waals surface area contributed by atoms with Crippen molar-refractivity contribution in [3.8, 4) is 22.6 Å². The predicted molar refractivity (Wildman–Crippen MR) is 146 cm³/mol. The first-order chi connectivity index (χ1) is 17.8. The molecule has 0 atom stereocenters. The van der Waals surface area contributed by atoms with Crippen LogP contribution >= 0.6 is 0 Å². The summed E-state index contributed by atoms with van der Waals surface area (Å²) in [6, 6.07) is 20.7. The maximum Gasteiger partial charge on any atom is 0.303 e. The van der Waals surface area contributed by atoms with Crippen molar-refractivity contribution in [2.24, 2.45) is 0 Å². The fourth-order valence-electron chi connectivity index (χ4n) is 4.21. The van der Waals surface area contributed by atoms with Gasteiger partial charge in [0.1, 0.15) is 11.5 Å². The number of rotatable bonds is 15. The molecule has 0 aliphatic carbocycles. The maximum absolute atomic E-state index is 11.8. The smallest absolute Gasteiger partial charge is 0.303 e. The molecule has 0 fully saturated rings. The molecule has 0 heterocycles. The zero-order chi connectivity index (χ0) is 26.7. The van der Waals surface area contributed by atoms with E-state index in [0.29, 0.717) is 25.4 Å². The summed E-state index contributed by atoms with van der Waals surface area (Å²) in [5.41, 5.74) is 4.17. The quantitative estimate of drug-likeness (QED) is 0.233. The number of aryl methyl sites for hydroxylation is 2. The molecular formula is C30H36O6S. The van der Waals surface area contributed by atoms with E-state index in [4.69, 9.17) is 14.6 Å². The van der Waals surface area contributed by atoms with E-state index in [9.17, 15) is 13.2 Å². The van der Waals surface area contributed by atoms with Crippen LogP contribution in [0.15, 0.2) is 71.6 Å². The highest BCUT2D eigenvalue weighted by Crippen LogP contribution is 2.31. The summed E-state index contributed by atoms with van der Waals surface area (Å²) in [4.78, 5) is 11.2. The Balaban J connectivity index is 1.50. The molecule has 0 amide bonds. The van der Waals surface area contributed by atoms with Gasteiger partial charge in [-0.3, -0.25) is 4.79 Å². The summed E-state index contributed by atoms with van der Waals surface area (Å²) in [5, 5.41) is 8.96. The number of sulfone groups is 1. The molecule has 7 heteroatoms.